The number of H-pyrrole nitrogens is 1. The largest absolute Gasteiger partial charge is 0.307 e. The molecular formula is C12H12ClN3O. The van der Waals surface area contributed by atoms with E-state index in [2.05, 4.69) is 15.5 Å². The molecule has 0 aliphatic heterocycles. The zero-order chi connectivity index (χ0) is 12.3. The third-order valence-corrected chi connectivity index (χ3v) is 2.79. The first kappa shape index (κ1) is 11.7. The highest BCUT2D eigenvalue weighted by molar-refractivity contribution is 6.34. The molecule has 0 atom stereocenters. The van der Waals surface area contributed by atoms with Crippen LogP contribution in [-0.2, 0) is 6.42 Å². The summed E-state index contributed by atoms with van der Waals surface area (Å²) in [6.07, 6.45) is 2.50. The molecule has 4 nitrogen and oxygen atoms in total. The minimum Gasteiger partial charge on any atom is -0.307 e. The van der Waals surface area contributed by atoms with Gasteiger partial charge in [-0.3, -0.25) is 9.89 Å². The molecule has 0 aliphatic rings. The fraction of sp³-hybridized carbons (Fsp3) is 0.167. The summed E-state index contributed by atoms with van der Waals surface area (Å²) in [6, 6.07) is 6.92. The molecule has 1 aromatic carbocycles. The Bertz CT molecular complexity index is 536. The summed E-state index contributed by atoms with van der Waals surface area (Å²) in [7, 11) is 0. The number of hydrogen-bond acceptors (Lipinski definition) is 2. The van der Waals surface area contributed by atoms with Crippen LogP contribution >= 0.6 is 11.6 Å². The molecule has 0 radical (unpaired) electrons. The lowest BCUT2D eigenvalue weighted by Gasteiger charge is -2.05. The number of aryl methyl sites for hydroxylation is 1. The van der Waals surface area contributed by atoms with Gasteiger partial charge in [0.05, 0.1) is 16.8 Å². The molecule has 2 rings (SSSR count). The number of benzene rings is 1. The van der Waals surface area contributed by atoms with Crippen molar-refractivity contribution in [3.63, 3.8) is 0 Å². The van der Waals surface area contributed by atoms with Gasteiger partial charge in [-0.25, -0.2) is 0 Å². The Balaban J connectivity index is 2.20. The summed E-state index contributed by atoms with van der Waals surface area (Å²) in [4.78, 5) is 12.0. The van der Waals surface area contributed by atoms with Crippen molar-refractivity contribution in [2.24, 2.45) is 0 Å². The van der Waals surface area contributed by atoms with Crippen LogP contribution in [0.5, 0.6) is 0 Å². The number of aromatic amines is 1. The first-order chi connectivity index (χ1) is 8.22. The number of anilines is 1. The van der Waals surface area contributed by atoms with E-state index in [1.807, 2.05) is 6.92 Å². The molecule has 0 spiro atoms. The van der Waals surface area contributed by atoms with Crippen LogP contribution in [0.4, 0.5) is 5.82 Å². The molecule has 0 saturated carbocycles. The summed E-state index contributed by atoms with van der Waals surface area (Å²) < 4.78 is 0. The minimum atomic E-state index is -0.241. The molecule has 1 heterocycles. The van der Waals surface area contributed by atoms with Gasteiger partial charge in [0, 0.05) is 5.56 Å². The fourth-order valence-electron chi connectivity index (χ4n) is 1.51. The van der Waals surface area contributed by atoms with Crippen molar-refractivity contribution in [3.8, 4) is 0 Å². The summed E-state index contributed by atoms with van der Waals surface area (Å²) >= 11 is 5.95. The summed E-state index contributed by atoms with van der Waals surface area (Å²) in [5.41, 5.74) is 1.41. The number of hydrogen-bond donors (Lipinski definition) is 2. The van der Waals surface area contributed by atoms with Crippen molar-refractivity contribution >= 4 is 23.3 Å². The normalized spacial score (nSPS) is 10.2. The topological polar surface area (TPSA) is 57.8 Å². The van der Waals surface area contributed by atoms with Crippen molar-refractivity contribution in [1.82, 2.24) is 10.2 Å². The Labute approximate surface area is 104 Å². The Hall–Kier alpha value is -1.81. The number of aromatic nitrogens is 2. The number of carbonyl (C=O) groups excluding carboxylic acids is 1. The van der Waals surface area contributed by atoms with E-state index >= 15 is 0 Å². The Morgan fingerprint density at radius 1 is 1.47 bits per heavy atom. The molecular weight excluding hydrogens is 238 g/mol. The second kappa shape index (κ2) is 5.01. The van der Waals surface area contributed by atoms with Crippen molar-refractivity contribution in [3.05, 3.63) is 46.6 Å². The average molecular weight is 250 g/mol. The van der Waals surface area contributed by atoms with E-state index in [0.29, 0.717) is 16.4 Å². The Morgan fingerprint density at radius 3 is 2.94 bits per heavy atom. The standard InChI is InChI=1S/C12H12ClN3O/c1-2-8-7-14-16-11(8)15-12(17)9-5-3-4-6-10(9)13/h3-7H,2H2,1H3,(H2,14,15,16,17). The van der Waals surface area contributed by atoms with Gasteiger partial charge in [-0.1, -0.05) is 30.7 Å². The molecule has 0 fully saturated rings. The van der Waals surface area contributed by atoms with Gasteiger partial charge in [-0.15, -0.1) is 0 Å². The van der Waals surface area contributed by atoms with Crippen molar-refractivity contribution in [2.45, 2.75) is 13.3 Å². The van der Waals surface area contributed by atoms with Crippen LogP contribution < -0.4 is 5.32 Å². The average Bonchev–Trinajstić information content (AvgIpc) is 2.76. The van der Waals surface area contributed by atoms with Gasteiger partial charge < -0.3 is 5.32 Å². The lowest BCUT2D eigenvalue weighted by atomic mass is 10.2. The minimum absolute atomic E-state index is 0.241. The Kier molecular flexibility index (Phi) is 3.44. The van der Waals surface area contributed by atoms with Crippen LogP contribution in [0.25, 0.3) is 0 Å². The van der Waals surface area contributed by atoms with Gasteiger partial charge in [-0.05, 0) is 18.6 Å². The van der Waals surface area contributed by atoms with E-state index in [-0.39, 0.29) is 5.91 Å². The lowest BCUT2D eigenvalue weighted by molar-refractivity contribution is 0.102. The van der Waals surface area contributed by atoms with E-state index in [9.17, 15) is 4.79 Å². The molecule has 1 aromatic heterocycles. The maximum absolute atomic E-state index is 12.0. The molecule has 17 heavy (non-hydrogen) atoms. The molecule has 88 valence electrons. The van der Waals surface area contributed by atoms with Gasteiger partial charge in [-0.2, -0.15) is 5.10 Å². The predicted molar refractivity (Wildman–Crippen MR) is 67.4 cm³/mol. The van der Waals surface area contributed by atoms with Crippen LogP contribution in [-0.4, -0.2) is 16.1 Å². The van der Waals surface area contributed by atoms with E-state index in [0.717, 1.165) is 12.0 Å². The van der Waals surface area contributed by atoms with Crippen LogP contribution in [0.3, 0.4) is 0 Å². The lowest BCUT2D eigenvalue weighted by Crippen LogP contribution is -2.13. The number of halogens is 1. The van der Waals surface area contributed by atoms with Gasteiger partial charge in [0.2, 0.25) is 0 Å². The molecule has 2 N–H and O–H groups in total. The molecule has 2 aromatic rings. The molecule has 5 heteroatoms. The fourth-order valence-corrected chi connectivity index (χ4v) is 1.74. The number of nitrogens with zero attached hydrogens (tertiary/aromatic N) is 1. The zero-order valence-corrected chi connectivity index (χ0v) is 10.1. The van der Waals surface area contributed by atoms with Crippen molar-refractivity contribution < 1.29 is 4.79 Å². The maximum atomic E-state index is 12.0. The quantitative estimate of drug-likeness (QED) is 0.879. The molecule has 0 saturated heterocycles. The predicted octanol–water partition coefficient (Wildman–Crippen LogP) is 2.88. The number of carbonyl (C=O) groups is 1. The van der Waals surface area contributed by atoms with Crippen LogP contribution in [0.15, 0.2) is 30.5 Å². The van der Waals surface area contributed by atoms with Crippen LogP contribution in [0.1, 0.15) is 22.8 Å². The third kappa shape index (κ3) is 2.47. The van der Waals surface area contributed by atoms with Crippen LogP contribution in [0.2, 0.25) is 5.02 Å². The molecule has 0 unspecified atom stereocenters. The van der Waals surface area contributed by atoms with E-state index < -0.39 is 0 Å². The summed E-state index contributed by atoms with van der Waals surface area (Å²) in [6.45, 7) is 2.00. The first-order valence-electron chi connectivity index (χ1n) is 5.30. The zero-order valence-electron chi connectivity index (χ0n) is 9.33. The van der Waals surface area contributed by atoms with Crippen molar-refractivity contribution in [1.29, 1.82) is 0 Å². The smallest absolute Gasteiger partial charge is 0.258 e. The third-order valence-electron chi connectivity index (χ3n) is 2.46. The molecule has 0 bridgehead atoms. The Morgan fingerprint density at radius 2 is 2.24 bits per heavy atom. The van der Waals surface area contributed by atoms with Gasteiger partial charge in [0.1, 0.15) is 5.82 Å². The first-order valence-corrected chi connectivity index (χ1v) is 5.68. The monoisotopic (exact) mass is 249 g/mol. The van der Waals surface area contributed by atoms with Gasteiger partial charge in [0.15, 0.2) is 0 Å². The van der Waals surface area contributed by atoms with E-state index in [4.69, 9.17) is 11.6 Å². The van der Waals surface area contributed by atoms with Crippen LogP contribution in [0, 0.1) is 0 Å². The van der Waals surface area contributed by atoms with E-state index in [1.165, 1.54) is 0 Å². The summed E-state index contributed by atoms with van der Waals surface area (Å²) in [5.74, 6) is 0.381. The van der Waals surface area contributed by atoms with Gasteiger partial charge >= 0.3 is 0 Å². The molecule has 0 aliphatic carbocycles. The number of rotatable bonds is 3. The number of nitrogens with one attached hydrogen (secondary N) is 2. The second-order valence-corrected chi connectivity index (χ2v) is 3.96. The highest BCUT2D eigenvalue weighted by Gasteiger charge is 2.12. The van der Waals surface area contributed by atoms with Crippen molar-refractivity contribution in [2.75, 3.05) is 5.32 Å². The molecule has 1 amide bonds. The SMILES string of the molecule is CCc1cn[nH]c1NC(=O)c1ccccc1Cl. The second-order valence-electron chi connectivity index (χ2n) is 3.56. The van der Waals surface area contributed by atoms with E-state index in [1.54, 1.807) is 30.5 Å². The highest BCUT2D eigenvalue weighted by atomic mass is 35.5. The highest BCUT2D eigenvalue weighted by Crippen LogP contribution is 2.18. The summed E-state index contributed by atoms with van der Waals surface area (Å²) in [5, 5.41) is 9.83. The maximum Gasteiger partial charge on any atom is 0.258 e. The number of amides is 1. The van der Waals surface area contributed by atoms with Gasteiger partial charge in [0.25, 0.3) is 5.91 Å².